The average Bonchev–Trinajstić information content (AvgIpc) is 2.18. The van der Waals surface area contributed by atoms with Gasteiger partial charge in [0.2, 0.25) is 0 Å². The number of hydrogen-bond donors (Lipinski definition) is 2. The fraction of sp³-hybridized carbons (Fsp3) is 0.300. The highest BCUT2D eigenvalue weighted by Crippen LogP contribution is 2.23. The van der Waals surface area contributed by atoms with Crippen molar-refractivity contribution in [1.82, 2.24) is 5.32 Å². The minimum Gasteiger partial charge on any atom is -0.426 e. The third-order valence-corrected chi connectivity index (χ3v) is 2.30. The van der Waals surface area contributed by atoms with Crippen molar-refractivity contribution in [3.63, 3.8) is 0 Å². The molecule has 4 heteroatoms. The quantitative estimate of drug-likeness (QED) is 0.695. The predicted molar refractivity (Wildman–Crippen MR) is 51.6 cm³/mol. The van der Waals surface area contributed by atoms with Crippen molar-refractivity contribution in [1.29, 1.82) is 0 Å². The van der Waals surface area contributed by atoms with E-state index >= 15 is 0 Å². The second kappa shape index (κ2) is 3.67. The summed E-state index contributed by atoms with van der Waals surface area (Å²) >= 11 is 0. The zero-order valence-corrected chi connectivity index (χ0v) is 7.69. The molecule has 4 nitrogen and oxygen atoms in total. The van der Waals surface area contributed by atoms with Gasteiger partial charge in [-0.25, -0.2) is 4.79 Å². The lowest BCUT2D eigenvalue weighted by atomic mass is 10.00. The molecule has 0 saturated carbocycles. The molecule has 1 aliphatic heterocycles. The zero-order chi connectivity index (χ0) is 9.97. The zero-order valence-electron chi connectivity index (χ0n) is 7.69. The molecule has 14 heavy (non-hydrogen) atoms. The van der Waals surface area contributed by atoms with Gasteiger partial charge in [-0.15, -0.1) is 0 Å². The molecular formula is C10H12N2O2. The van der Waals surface area contributed by atoms with Gasteiger partial charge in [0.05, 0.1) is 0 Å². The van der Waals surface area contributed by atoms with Crippen LogP contribution in [0.3, 0.4) is 0 Å². The van der Waals surface area contributed by atoms with Gasteiger partial charge in [0.25, 0.3) is 0 Å². The van der Waals surface area contributed by atoms with Gasteiger partial charge in [0, 0.05) is 12.1 Å². The maximum Gasteiger partial charge on any atom is 0.406 e. The van der Waals surface area contributed by atoms with Crippen LogP contribution in [0.1, 0.15) is 17.4 Å². The van der Waals surface area contributed by atoms with Crippen LogP contribution in [0.25, 0.3) is 0 Å². The first-order chi connectivity index (χ1) is 6.77. The Morgan fingerprint density at radius 3 is 3.07 bits per heavy atom. The summed E-state index contributed by atoms with van der Waals surface area (Å²) in [6, 6.07) is 7.87. The number of amides is 1. The summed E-state index contributed by atoms with van der Waals surface area (Å²) in [5.74, 6) is 0. The van der Waals surface area contributed by atoms with Gasteiger partial charge in [0.15, 0.2) is 6.23 Å². The number of hydrogen-bond acceptors (Lipinski definition) is 3. The lowest BCUT2D eigenvalue weighted by molar-refractivity contribution is 0.0816. The number of nitrogens with two attached hydrogens (primary N) is 1. The molecule has 1 aromatic carbocycles. The summed E-state index contributed by atoms with van der Waals surface area (Å²) in [5.41, 5.74) is 7.18. The molecule has 1 heterocycles. The van der Waals surface area contributed by atoms with Crippen LogP contribution in [0, 0.1) is 0 Å². The van der Waals surface area contributed by atoms with Crippen LogP contribution in [0.5, 0.6) is 0 Å². The Kier molecular flexibility index (Phi) is 2.37. The van der Waals surface area contributed by atoms with Crippen molar-refractivity contribution < 1.29 is 9.53 Å². The van der Waals surface area contributed by atoms with E-state index in [-0.39, 0.29) is 0 Å². The van der Waals surface area contributed by atoms with Crippen molar-refractivity contribution in [2.75, 3.05) is 6.54 Å². The molecule has 0 aromatic heterocycles. The molecule has 1 aromatic rings. The predicted octanol–water partition coefficient (Wildman–Crippen LogP) is 0.926. The lowest BCUT2D eigenvalue weighted by Crippen LogP contribution is -2.34. The fourth-order valence-corrected chi connectivity index (χ4v) is 1.69. The van der Waals surface area contributed by atoms with Crippen LogP contribution in [0.15, 0.2) is 24.3 Å². The first-order valence-corrected chi connectivity index (χ1v) is 4.54. The third-order valence-electron chi connectivity index (χ3n) is 2.30. The molecular weight excluding hydrogens is 180 g/mol. The Bertz CT molecular complexity index is 352. The van der Waals surface area contributed by atoms with Crippen molar-refractivity contribution in [3.8, 4) is 0 Å². The molecule has 1 amide bonds. The van der Waals surface area contributed by atoms with Crippen LogP contribution >= 0.6 is 0 Å². The number of primary amides is 1. The Hall–Kier alpha value is -1.55. The summed E-state index contributed by atoms with van der Waals surface area (Å²) in [7, 11) is 0. The van der Waals surface area contributed by atoms with Gasteiger partial charge in [-0.05, 0) is 12.0 Å². The van der Waals surface area contributed by atoms with Gasteiger partial charge >= 0.3 is 6.09 Å². The number of carbonyl (C=O) groups is 1. The number of ether oxygens (including phenoxy) is 1. The minimum absolute atomic E-state index is 0.391. The molecule has 0 aliphatic carbocycles. The van der Waals surface area contributed by atoms with E-state index in [4.69, 9.17) is 10.5 Å². The van der Waals surface area contributed by atoms with Crippen LogP contribution in [-0.4, -0.2) is 12.6 Å². The molecule has 0 saturated heterocycles. The van der Waals surface area contributed by atoms with Gasteiger partial charge in [0.1, 0.15) is 0 Å². The molecule has 3 N–H and O–H groups in total. The number of fused-ring (bicyclic) bond motifs is 1. The molecule has 0 bridgehead atoms. The Balaban J connectivity index is 2.26. The van der Waals surface area contributed by atoms with Crippen LogP contribution in [0.2, 0.25) is 0 Å². The third kappa shape index (κ3) is 1.70. The summed E-state index contributed by atoms with van der Waals surface area (Å²) in [6.07, 6.45) is -0.189. The lowest BCUT2D eigenvalue weighted by Gasteiger charge is -2.25. The van der Waals surface area contributed by atoms with E-state index in [0.29, 0.717) is 0 Å². The topological polar surface area (TPSA) is 64.4 Å². The van der Waals surface area contributed by atoms with E-state index < -0.39 is 12.3 Å². The summed E-state index contributed by atoms with van der Waals surface area (Å²) in [4.78, 5) is 10.6. The van der Waals surface area contributed by atoms with E-state index in [1.165, 1.54) is 5.56 Å². The summed E-state index contributed by atoms with van der Waals surface area (Å²) < 4.78 is 4.95. The van der Waals surface area contributed by atoms with Crippen LogP contribution < -0.4 is 11.1 Å². The van der Waals surface area contributed by atoms with Crippen LogP contribution in [-0.2, 0) is 11.2 Å². The average molecular weight is 192 g/mol. The Labute approximate surface area is 82.1 Å². The number of benzene rings is 1. The van der Waals surface area contributed by atoms with Gasteiger partial charge in [-0.1, -0.05) is 24.3 Å². The highest BCUT2D eigenvalue weighted by atomic mass is 16.6. The molecule has 2 rings (SSSR count). The molecule has 0 spiro atoms. The van der Waals surface area contributed by atoms with Crippen molar-refractivity contribution in [2.24, 2.45) is 5.73 Å². The van der Waals surface area contributed by atoms with E-state index in [2.05, 4.69) is 5.32 Å². The molecule has 1 unspecified atom stereocenters. The highest BCUT2D eigenvalue weighted by Gasteiger charge is 2.21. The molecule has 74 valence electrons. The normalized spacial score (nSPS) is 19.9. The maximum absolute atomic E-state index is 10.6. The highest BCUT2D eigenvalue weighted by molar-refractivity contribution is 5.65. The molecule has 1 atom stereocenters. The first-order valence-electron chi connectivity index (χ1n) is 4.54. The van der Waals surface area contributed by atoms with Gasteiger partial charge in [-0.3, -0.25) is 5.32 Å². The molecule has 0 radical (unpaired) electrons. The number of carbonyl (C=O) groups excluding carboxylic acids is 1. The van der Waals surface area contributed by atoms with E-state index in [9.17, 15) is 4.79 Å². The molecule has 1 aliphatic rings. The second-order valence-corrected chi connectivity index (χ2v) is 3.22. The van der Waals surface area contributed by atoms with Crippen molar-refractivity contribution >= 4 is 6.09 Å². The second-order valence-electron chi connectivity index (χ2n) is 3.22. The smallest absolute Gasteiger partial charge is 0.406 e. The Morgan fingerprint density at radius 1 is 1.50 bits per heavy atom. The summed E-state index contributed by atoms with van der Waals surface area (Å²) in [5, 5.41) is 3.08. The van der Waals surface area contributed by atoms with Crippen molar-refractivity contribution in [2.45, 2.75) is 12.6 Å². The minimum atomic E-state index is -0.751. The van der Waals surface area contributed by atoms with Crippen LogP contribution in [0.4, 0.5) is 4.79 Å². The largest absolute Gasteiger partial charge is 0.426 e. The standard InChI is InChI=1S/C10H12N2O2/c11-10(13)14-9-8-4-2-1-3-7(8)5-6-12-9/h1-4,9,12H,5-6H2,(H2,11,13). The van der Waals surface area contributed by atoms with E-state index in [0.717, 1.165) is 18.5 Å². The SMILES string of the molecule is NC(=O)OC1NCCc2ccccc21. The maximum atomic E-state index is 10.6. The fourth-order valence-electron chi connectivity index (χ4n) is 1.69. The number of nitrogens with one attached hydrogen (secondary N) is 1. The van der Waals surface area contributed by atoms with Gasteiger partial charge in [-0.2, -0.15) is 0 Å². The van der Waals surface area contributed by atoms with Crippen molar-refractivity contribution in [3.05, 3.63) is 35.4 Å². The van der Waals surface area contributed by atoms with E-state index in [1.807, 2.05) is 24.3 Å². The molecule has 0 fully saturated rings. The summed E-state index contributed by atoms with van der Waals surface area (Å²) in [6.45, 7) is 0.801. The number of rotatable bonds is 1. The van der Waals surface area contributed by atoms with E-state index in [1.54, 1.807) is 0 Å². The Morgan fingerprint density at radius 2 is 2.29 bits per heavy atom. The monoisotopic (exact) mass is 192 g/mol. The first kappa shape index (κ1) is 9.02. The van der Waals surface area contributed by atoms with Gasteiger partial charge < -0.3 is 10.5 Å².